The first-order chi connectivity index (χ1) is 62.4. The number of nitrogens with zero attached hydrogens (tertiary/aromatic N) is 5. The highest BCUT2D eigenvalue weighted by Gasteiger charge is 2.34. The van der Waals surface area contributed by atoms with Crippen LogP contribution in [0.3, 0.4) is 0 Å². The molecule has 128 heavy (non-hydrogen) atoms. The van der Waals surface area contributed by atoms with E-state index >= 15 is 0 Å². The van der Waals surface area contributed by atoms with Crippen molar-refractivity contribution in [3.63, 3.8) is 0 Å². The predicted octanol–water partition coefficient (Wildman–Crippen LogP) is 23.5. The van der Waals surface area contributed by atoms with E-state index in [4.69, 9.17) is 11.6 Å². The molecule has 1 atom stereocenters. The van der Waals surface area contributed by atoms with Crippen molar-refractivity contribution in [3.8, 4) is 11.5 Å². The van der Waals surface area contributed by atoms with Gasteiger partial charge in [-0.3, -0.25) is 0 Å². The van der Waals surface area contributed by atoms with Gasteiger partial charge in [-0.25, -0.2) is 4.39 Å². The second-order valence-electron chi connectivity index (χ2n) is 33.7. The summed E-state index contributed by atoms with van der Waals surface area (Å²) >= 11 is 8.25. The summed E-state index contributed by atoms with van der Waals surface area (Å²) in [6, 6.07) is 84.4. The molecule has 15 aromatic rings. The molecule has 9 N–H and O–H groups in total. The molecule has 0 spiro atoms. The predicted molar refractivity (Wildman–Crippen MR) is 511 cm³/mol. The third kappa shape index (κ3) is 24.3. The SMILES string of the molecule is CC(c1ccccc1)N(c1ccc2sccc2c1)C1CCNCC1.Clc1ccccc1CN(c1ccc2[nH]ccc2c1)C1CCNCC1.FC(F)(F)Oc1ccc(CN(c2ccc3[nH]ccc3c2)C2CCNCC2)cc1.FC(F)(F)Oc1cccc(CN(c2ccc3[nH]ccc3c2)C2CCNCC2)c1.Fc1ccc(CN(c2ccc3[nH]ccc3c2)C2CCNCC2)cc1. The van der Waals surface area contributed by atoms with Gasteiger partial charge >= 0.3 is 12.7 Å². The summed E-state index contributed by atoms with van der Waals surface area (Å²) in [5.41, 5.74) is 16.0. The highest BCUT2D eigenvalue weighted by atomic mass is 35.5. The van der Waals surface area contributed by atoms with Crippen molar-refractivity contribution < 1.29 is 40.2 Å². The number of rotatable bonds is 22. The van der Waals surface area contributed by atoms with Crippen LogP contribution in [0.5, 0.6) is 11.5 Å². The van der Waals surface area contributed by atoms with Gasteiger partial charge in [-0.1, -0.05) is 96.5 Å². The molecular weight excluding hydrogens is 1670 g/mol. The van der Waals surface area contributed by atoms with Crippen LogP contribution < -0.4 is 60.6 Å². The molecule has 20 rings (SSSR count). The molecule has 668 valence electrons. The molecule has 1 unspecified atom stereocenters. The van der Waals surface area contributed by atoms with Gasteiger partial charge in [0.05, 0.1) is 6.04 Å². The van der Waals surface area contributed by atoms with Gasteiger partial charge in [-0.15, -0.1) is 37.7 Å². The summed E-state index contributed by atoms with van der Waals surface area (Å²) in [7, 11) is 0. The molecule has 0 amide bonds. The molecule has 5 aliphatic heterocycles. The Hall–Kier alpha value is -11.5. The van der Waals surface area contributed by atoms with Crippen LogP contribution >= 0.6 is 22.9 Å². The zero-order chi connectivity index (χ0) is 88.2. The number of benzene rings is 10. The topological polar surface area (TPSA) is 158 Å². The maximum Gasteiger partial charge on any atom is 0.573 e. The minimum atomic E-state index is -4.69. The van der Waals surface area contributed by atoms with E-state index in [9.17, 15) is 30.7 Å². The lowest BCUT2D eigenvalue weighted by Crippen LogP contribution is -2.44. The first-order valence-electron chi connectivity index (χ1n) is 44.8. The first-order valence-corrected chi connectivity index (χ1v) is 46.0. The number of H-pyrrole nitrogens is 4. The number of aromatic nitrogens is 4. The summed E-state index contributed by atoms with van der Waals surface area (Å²) in [4.78, 5) is 25.2. The smallest absolute Gasteiger partial charge is 0.406 e. The zero-order valence-electron chi connectivity index (χ0n) is 72.0. The standard InChI is InChI=1S/2C21H22F3N3O.C21H24N2S.C20H22ClN3.C20H22FN3/c22-21(23,24)28-19-4-1-15(2-5-19)14-27(17-8-10-25-11-9-17)18-3-6-20-16(13-18)7-12-26-20;22-21(23,24)28-19-3-1-2-15(12-19)14-27(17-7-9-25-10-8-17)18-4-5-20-16(13-18)6-11-26-20;1-16(17-5-3-2-4-6-17)23(19-9-12-22-13-10-19)20-7-8-21-18(15-20)11-14-24-21;21-19-4-2-1-3-16(19)14-24(17-8-10-22-11-9-17)18-5-6-20-15(13-18)7-12-23-20;21-17-3-1-15(2-4-17)14-24(18-8-10-22-11-9-18)19-5-6-20-16(13-19)7-12-23-20/h1-7,12-13,17,25-26H,8-11,14H2;1-6,11-13,17,25-26H,7-10,14H2;2-8,11,14-16,19,22H,9-10,12-13H2,1H3;1-7,12-13,17,22-23H,8-11,14H2;1-7,12-13,18,22-23H,8-11,14H2. The van der Waals surface area contributed by atoms with Crippen LogP contribution in [0, 0.1) is 5.82 Å². The fourth-order valence-corrected chi connectivity index (χ4v) is 19.5. The molecule has 16 nitrogen and oxygen atoms in total. The van der Waals surface area contributed by atoms with Crippen molar-refractivity contribution in [1.29, 1.82) is 0 Å². The van der Waals surface area contributed by atoms with Crippen molar-refractivity contribution in [2.45, 2.75) is 146 Å². The lowest BCUT2D eigenvalue weighted by molar-refractivity contribution is -0.275. The molecule has 10 aromatic carbocycles. The van der Waals surface area contributed by atoms with Gasteiger partial charge in [0.2, 0.25) is 0 Å². The van der Waals surface area contributed by atoms with Gasteiger partial charge in [0.15, 0.2) is 0 Å². The van der Waals surface area contributed by atoms with Crippen molar-refractivity contribution in [2.75, 3.05) is 89.9 Å². The Morgan fingerprint density at radius 2 is 0.727 bits per heavy atom. The molecule has 5 aliphatic rings. The monoisotopic (exact) mass is 1780 g/mol. The van der Waals surface area contributed by atoms with Gasteiger partial charge < -0.3 is 80.5 Å². The highest BCUT2D eigenvalue weighted by molar-refractivity contribution is 7.17. The summed E-state index contributed by atoms with van der Waals surface area (Å²) in [6.45, 7) is 15.4. The molecule has 5 saturated heterocycles. The number of piperidine rings is 5. The first kappa shape index (κ1) is 89.9. The molecule has 0 saturated carbocycles. The quantitative estimate of drug-likeness (QED) is 0.0296. The molecule has 5 fully saturated rings. The third-order valence-corrected chi connectivity index (χ3v) is 26.4. The van der Waals surface area contributed by atoms with E-state index in [1.54, 1.807) is 30.3 Å². The van der Waals surface area contributed by atoms with Crippen LogP contribution in [0.15, 0.2) is 279 Å². The fraction of sp³-hybridized carbons (Fsp3) is 0.320. The van der Waals surface area contributed by atoms with Gasteiger partial charge in [0.25, 0.3) is 0 Å². The van der Waals surface area contributed by atoms with Crippen LogP contribution in [0.1, 0.15) is 105 Å². The van der Waals surface area contributed by atoms with Gasteiger partial charge in [0.1, 0.15) is 17.3 Å². The Morgan fingerprint density at radius 3 is 1.16 bits per heavy atom. The van der Waals surface area contributed by atoms with Crippen molar-refractivity contribution in [3.05, 3.63) is 318 Å². The molecule has 5 aromatic heterocycles. The number of aromatic amines is 4. The molecule has 10 heterocycles. The number of hydrogen-bond donors (Lipinski definition) is 9. The number of hydrogen-bond acceptors (Lipinski definition) is 13. The summed E-state index contributed by atoms with van der Waals surface area (Å²) in [5, 5.41) is 26.3. The second kappa shape index (κ2) is 43.1. The number of thiophene rings is 1. The van der Waals surface area contributed by atoms with Crippen molar-refractivity contribution >= 4 is 105 Å². The molecule has 25 heteroatoms. The minimum absolute atomic E-state index is 0.180. The van der Waals surface area contributed by atoms with Crippen molar-refractivity contribution in [1.82, 2.24) is 46.5 Å². The number of fused-ring (bicyclic) bond motifs is 5. The van der Waals surface area contributed by atoms with E-state index in [2.05, 4.69) is 238 Å². The van der Waals surface area contributed by atoms with E-state index in [0.717, 1.165) is 190 Å². The van der Waals surface area contributed by atoms with Crippen LogP contribution in [0.4, 0.5) is 59.2 Å². The highest BCUT2D eigenvalue weighted by Crippen LogP contribution is 2.39. The van der Waals surface area contributed by atoms with Gasteiger partial charge in [-0.05, 0) is 339 Å². The van der Waals surface area contributed by atoms with Crippen molar-refractivity contribution in [2.24, 2.45) is 0 Å². The molecule has 0 radical (unpaired) electrons. The van der Waals surface area contributed by atoms with E-state index in [1.807, 2.05) is 84.7 Å². The van der Waals surface area contributed by atoms with Crippen LogP contribution in [0.2, 0.25) is 5.02 Å². The maximum absolute atomic E-state index is 13.2. The molecular formula is C103H112ClF7N14O2S. The van der Waals surface area contributed by atoms with Crippen LogP contribution in [0.25, 0.3) is 53.7 Å². The number of ether oxygens (including phenoxy) is 2. The average molecular weight is 1780 g/mol. The van der Waals surface area contributed by atoms with E-state index < -0.39 is 12.7 Å². The Kier molecular flexibility index (Phi) is 30.3. The molecule has 0 bridgehead atoms. The lowest BCUT2D eigenvalue weighted by Gasteiger charge is -2.41. The van der Waals surface area contributed by atoms with E-state index in [-0.39, 0.29) is 17.3 Å². The third-order valence-electron chi connectivity index (χ3n) is 25.2. The van der Waals surface area contributed by atoms with Crippen LogP contribution in [-0.4, -0.2) is 128 Å². The Labute approximate surface area is 752 Å². The Bertz CT molecular complexity index is 5950. The molecule has 0 aliphatic carbocycles. The zero-order valence-corrected chi connectivity index (χ0v) is 73.5. The number of anilines is 5. The van der Waals surface area contributed by atoms with Gasteiger partial charge in [-0.2, -0.15) is 0 Å². The van der Waals surface area contributed by atoms with Crippen LogP contribution in [-0.2, 0) is 26.2 Å². The normalized spacial score (nSPS) is 15.9. The number of nitrogens with one attached hydrogen (secondary N) is 9. The number of alkyl halides is 6. The minimum Gasteiger partial charge on any atom is -0.406 e. The number of halogens is 8. The largest absolute Gasteiger partial charge is 0.573 e. The maximum atomic E-state index is 13.2. The summed E-state index contributed by atoms with van der Waals surface area (Å²) in [6.07, 6.45) is 9.47. The summed E-state index contributed by atoms with van der Waals surface area (Å²) in [5.74, 6) is -0.560. The van der Waals surface area contributed by atoms with Gasteiger partial charge in [0, 0.05) is 163 Å². The lowest BCUT2D eigenvalue weighted by atomic mass is 9.98. The Morgan fingerprint density at radius 1 is 0.352 bits per heavy atom. The second-order valence-corrected chi connectivity index (χ2v) is 35.0. The summed E-state index contributed by atoms with van der Waals surface area (Å²) < 4.78 is 97.5. The Balaban J connectivity index is 0.000000118. The van der Waals surface area contributed by atoms with E-state index in [0.29, 0.717) is 49.3 Å². The van der Waals surface area contributed by atoms with E-state index in [1.165, 1.54) is 91.7 Å². The fourth-order valence-electron chi connectivity index (χ4n) is 18.5. The average Bonchev–Trinajstić information content (AvgIpc) is 1.39.